The van der Waals surface area contributed by atoms with Crippen molar-refractivity contribution in [3.05, 3.63) is 34.3 Å². The molecule has 0 bridgehead atoms. The molecule has 1 atom stereocenters. The summed E-state index contributed by atoms with van der Waals surface area (Å²) in [5.74, 6) is 0.0944. The van der Waals surface area contributed by atoms with Gasteiger partial charge in [0.2, 0.25) is 0 Å². The molecule has 2 rings (SSSR count). The largest absolute Gasteiger partial charge is 0.334 e. The molecule has 0 saturated carbocycles. The average molecular weight is 314 g/mol. The predicted octanol–water partition coefficient (Wildman–Crippen LogP) is 3.22. The van der Waals surface area contributed by atoms with Crippen molar-refractivity contribution in [3.8, 4) is 11.5 Å². The predicted molar refractivity (Wildman–Crippen MR) is 69.2 cm³/mol. The smallest absolute Gasteiger partial charge is 0.261 e. The Morgan fingerprint density at radius 1 is 1.50 bits per heavy atom. The van der Waals surface area contributed by atoms with Crippen LogP contribution in [0.4, 0.5) is 4.39 Å². The third kappa shape index (κ3) is 2.44. The van der Waals surface area contributed by atoms with Gasteiger partial charge in [-0.1, -0.05) is 28.0 Å². The van der Waals surface area contributed by atoms with E-state index in [0.29, 0.717) is 12.2 Å². The summed E-state index contributed by atoms with van der Waals surface area (Å²) in [6.45, 7) is 3.73. The second-order valence-electron chi connectivity index (χ2n) is 4.32. The number of hydrogen-bond donors (Lipinski definition) is 1. The highest BCUT2D eigenvalue weighted by Gasteiger charge is 2.26. The van der Waals surface area contributed by atoms with Crippen molar-refractivity contribution in [2.45, 2.75) is 25.8 Å². The molecule has 1 aromatic carbocycles. The lowest BCUT2D eigenvalue weighted by Crippen LogP contribution is -2.33. The van der Waals surface area contributed by atoms with Gasteiger partial charge in [0.25, 0.3) is 5.89 Å². The number of rotatable bonds is 3. The molecular formula is C12H13BrFN3O. The van der Waals surface area contributed by atoms with Crippen LogP contribution >= 0.6 is 15.9 Å². The van der Waals surface area contributed by atoms with Crippen LogP contribution < -0.4 is 5.73 Å². The van der Waals surface area contributed by atoms with E-state index in [4.69, 9.17) is 10.3 Å². The normalized spacial score (nSPS) is 14.5. The van der Waals surface area contributed by atoms with Crippen molar-refractivity contribution in [1.82, 2.24) is 10.1 Å². The summed E-state index contributed by atoms with van der Waals surface area (Å²) in [5, 5.41) is 3.81. The van der Waals surface area contributed by atoms with E-state index in [-0.39, 0.29) is 11.5 Å². The monoisotopic (exact) mass is 313 g/mol. The fourth-order valence-electron chi connectivity index (χ4n) is 1.38. The summed E-state index contributed by atoms with van der Waals surface area (Å²) in [6.07, 6.45) is 0.660. The van der Waals surface area contributed by atoms with Gasteiger partial charge in [-0.2, -0.15) is 4.98 Å². The van der Waals surface area contributed by atoms with Crippen molar-refractivity contribution in [2.75, 3.05) is 0 Å². The Kier molecular flexibility index (Phi) is 3.49. The second-order valence-corrected chi connectivity index (χ2v) is 5.23. The molecule has 4 nitrogen and oxygen atoms in total. The molecule has 2 aromatic rings. The Morgan fingerprint density at radius 2 is 2.22 bits per heavy atom. The van der Waals surface area contributed by atoms with Crippen LogP contribution in [0.1, 0.15) is 26.1 Å². The van der Waals surface area contributed by atoms with Crippen LogP contribution in [0.3, 0.4) is 0 Å². The summed E-state index contributed by atoms with van der Waals surface area (Å²) >= 11 is 3.27. The lowest BCUT2D eigenvalue weighted by molar-refractivity contribution is 0.378. The zero-order valence-corrected chi connectivity index (χ0v) is 11.7. The molecule has 2 N–H and O–H groups in total. The fraction of sp³-hybridized carbons (Fsp3) is 0.333. The number of hydrogen-bond acceptors (Lipinski definition) is 4. The maximum absolute atomic E-state index is 13.7. The Balaban J connectivity index is 2.44. The first-order valence-electron chi connectivity index (χ1n) is 5.52. The number of aromatic nitrogens is 2. The quantitative estimate of drug-likeness (QED) is 0.944. The molecule has 0 aliphatic rings. The van der Waals surface area contributed by atoms with Gasteiger partial charge in [-0.15, -0.1) is 0 Å². The van der Waals surface area contributed by atoms with Gasteiger partial charge in [0.1, 0.15) is 5.82 Å². The molecule has 0 amide bonds. The Bertz CT molecular complexity index is 568. The van der Waals surface area contributed by atoms with Crippen molar-refractivity contribution in [1.29, 1.82) is 0 Å². The van der Waals surface area contributed by atoms with Gasteiger partial charge in [0.15, 0.2) is 5.82 Å². The first-order chi connectivity index (χ1) is 8.44. The van der Waals surface area contributed by atoms with Crippen LogP contribution in [0, 0.1) is 5.82 Å². The van der Waals surface area contributed by atoms with Crippen LogP contribution in [0.25, 0.3) is 11.5 Å². The Labute approximate surface area is 113 Å². The zero-order valence-electron chi connectivity index (χ0n) is 10.1. The van der Waals surface area contributed by atoms with Gasteiger partial charge < -0.3 is 10.3 Å². The topological polar surface area (TPSA) is 64.9 Å². The first-order valence-corrected chi connectivity index (χ1v) is 6.32. The van der Waals surface area contributed by atoms with Crippen molar-refractivity contribution < 1.29 is 8.91 Å². The first kappa shape index (κ1) is 13.2. The van der Waals surface area contributed by atoms with Crippen molar-refractivity contribution >= 4 is 15.9 Å². The van der Waals surface area contributed by atoms with E-state index in [1.165, 1.54) is 6.07 Å². The van der Waals surface area contributed by atoms with Crippen LogP contribution in [-0.4, -0.2) is 10.1 Å². The van der Waals surface area contributed by atoms with Gasteiger partial charge in [0, 0.05) is 4.47 Å². The second kappa shape index (κ2) is 4.78. The summed E-state index contributed by atoms with van der Waals surface area (Å²) in [4.78, 5) is 4.16. The summed E-state index contributed by atoms with van der Waals surface area (Å²) in [6, 6.07) is 4.53. The van der Waals surface area contributed by atoms with E-state index in [1.807, 2.05) is 6.92 Å². The average Bonchev–Trinajstić information content (AvgIpc) is 2.82. The molecule has 0 fully saturated rings. The minimum Gasteiger partial charge on any atom is -0.334 e. The highest BCUT2D eigenvalue weighted by Crippen LogP contribution is 2.27. The van der Waals surface area contributed by atoms with Crippen LogP contribution in [0.2, 0.25) is 0 Å². The minimum atomic E-state index is -0.676. The molecule has 1 unspecified atom stereocenters. The maximum atomic E-state index is 13.7. The molecule has 0 spiro atoms. The third-order valence-corrected chi connectivity index (χ3v) is 3.32. The lowest BCUT2D eigenvalue weighted by Gasteiger charge is -2.16. The molecule has 0 saturated heterocycles. The molecular weight excluding hydrogens is 301 g/mol. The Morgan fingerprint density at radius 3 is 2.89 bits per heavy atom. The van der Waals surface area contributed by atoms with Gasteiger partial charge in [-0.3, -0.25) is 0 Å². The molecule has 0 radical (unpaired) electrons. The lowest BCUT2D eigenvalue weighted by atomic mass is 10.00. The van der Waals surface area contributed by atoms with Crippen LogP contribution in [0.5, 0.6) is 0 Å². The molecule has 1 aromatic heterocycles. The molecule has 18 heavy (non-hydrogen) atoms. The molecule has 0 aliphatic heterocycles. The highest BCUT2D eigenvalue weighted by molar-refractivity contribution is 9.10. The van der Waals surface area contributed by atoms with E-state index >= 15 is 0 Å². The molecule has 1 heterocycles. The van der Waals surface area contributed by atoms with Gasteiger partial charge in [-0.25, -0.2) is 4.39 Å². The highest BCUT2D eigenvalue weighted by atomic mass is 79.9. The molecule has 6 heteroatoms. The number of nitrogens with zero attached hydrogens (tertiary/aromatic N) is 2. The van der Waals surface area contributed by atoms with E-state index in [2.05, 4.69) is 26.1 Å². The Hall–Kier alpha value is -1.27. The maximum Gasteiger partial charge on any atom is 0.261 e. The number of benzene rings is 1. The summed E-state index contributed by atoms with van der Waals surface area (Å²) in [7, 11) is 0. The SMILES string of the molecule is CCC(C)(N)c1noc(-c2cc(Br)ccc2F)n1. The van der Waals surface area contributed by atoms with Crippen molar-refractivity contribution in [3.63, 3.8) is 0 Å². The standard InChI is InChI=1S/C12H13BrFN3O/c1-3-12(2,15)11-16-10(18-17-11)8-6-7(13)4-5-9(8)14/h4-6H,3,15H2,1-2H3. The van der Waals surface area contributed by atoms with Crippen LogP contribution in [0.15, 0.2) is 27.2 Å². The third-order valence-electron chi connectivity index (χ3n) is 2.83. The zero-order chi connectivity index (χ0) is 13.3. The fourth-order valence-corrected chi connectivity index (χ4v) is 1.75. The van der Waals surface area contributed by atoms with Crippen LogP contribution in [-0.2, 0) is 5.54 Å². The van der Waals surface area contributed by atoms with E-state index in [1.54, 1.807) is 19.1 Å². The minimum absolute atomic E-state index is 0.133. The van der Waals surface area contributed by atoms with E-state index in [0.717, 1.165) is 4.47 Å². The molecule has 96 valence electrons. The van der Waals surface area contributed by atoms with Gasteiger partial charge in [0.05, 0.1) is 11.1 Å². The number of halogens is 2. The summed E-state index contributed by atoms with van der Waals surface area (Å²) in [5.41, 5.74) is 5.59. The summed E-state index contributed by atoms with van der Waals surface area (Å²) < 4.78 is 19.5. The number of nitrogens with two attached hydrogens (primary N) is 1. The van der Waals surface area contributed by atoms with Gasteiger partial charge >= 0.3 is 0 Å². The van der Waals surface area contributed by atoms with Crippen molar-refractivity contribution in [2.24, 2.45) is 5.73 Å². The van der Waals surface area contributed by atoms with Gasteiger partial charge in [-0.05, 0) is 31.5 Å². The molecule has 0 aliphatic carbocycles. The van der Waals surface area contributed by atoms with E-state index in [9.17, 15) is 4.39 Å². The van der Waals surface area contributed by atoms with E-state index < -0.39 is 11.4 Å².